The van der Waals surface area contributed by atoms with Crippen molar-refractivity contribution in [3.63, 3.8) is 0 Å². The van der Waals surface area contributed by atoms with E-state index in [1.807, 2.05) is 31.2 Å². The van der Waals surface area contributed by atoms with E-state index in [4.69, 9.17) is 14.2 Å². The van der Waals surface area contributed by atoms with Crippen LogP contribution in [-0.2, 0) is 14.3 Å². The Morgan fingerprint density at radius 1 is 1.29 bits per heavy atom. The lowest BCUT2D eigenvalue weighted by molar-refractivity contribution is -0.147. The summed E-state index contributed by atoms with van der Waals surface area (Å²) in [5.41, 5.74) is 0.0857. The molecule has 1 heterocycles. The molecular weight excluding hydrogens is 356 g/mol. The molecule has 1 saturated carbocycles. The van der Waals surface area contributed by atoms with E-state index in [1.165, 1.54) is 6.42 Å². The van der Waals surface area contributed by atoms with Crippen molar-refractivity contribution in [2.24, 2.45) is 5.92 Å². The first-order valence-corrected chi connectivity index (χ1v) is 10.6. The fourth-order valence-electron chi connectivity index (χ4n) is 4.18. The Balaban J connectivity index is 1.50. The monoisotopic (exact) mass is 390 g/mol. The highest BCUT2D eigenvalue weighted by atomic mass is 16.5. The number of benzene rings is 1. The molecule has 1 aliphatic carbocycles. The van der Waals surface area contributed by atoms with Gasteiger partial charge in [-0.15, -0.1) is 0 Å². The molecule has 0 aromatic heterocycles. The van der Waals surface area contributed by atoms with Crippen molar-refractivity contribution in [1.29, 1.82) is 0 Å². The van der Waals surface area contributed by atoms with E-state index in [9.17, 15) is 4.79 Å². The van der Waals surface area contributed by atoms with Gasteiger partial charge >= 0.3 is 0 Å². The zero-order valence-electron chi connectivity index (χ0n) is 17.2. The van der Waals surface area contributed by atoms with E-state index in [1.54, 1.807) is 0 Å². The van der Waals surface area contributed by atoms with Crippen molar-refractivity contribution in [3.8, 4) is 5.75 Å². The van der Waals surface area contributed by atoms with Crippen molar-refractivity contribution in [2.45, 2.75) is 45.1 Å². The topological polar surface area (TPSA) is 60.0 Å². The molecule has 28 heavy (non-hydrogen) atoms. The third kappa shape index (κ3) is 5.69. The molecule has 1 aliphatic heterocycles. The summed E-state index contributed by atoms with van der Waals surface area (Å²) in [7, 11) is 0. The molecule has 2 atom stereocenters. The number of amides is 1. The molecule has 2 unspecified atom stereocenters. The summed E-state index contributed by atoms with van der Waals surface area (Å²) in [5, 5.41) is 3.05. The van der Waals surface area contributed by atoms with Crippen molar-refractivity contribution in [2.75, 3.05) is 51.4 Å². The number of nitrogens with zero attached hydrogens (tertiary/aromatic N) is 1. The molecule has 2 aliphatic rings. The fraction of sp³-hybridized carbons (Fsp3) is 0.682. The molecule has 0 radical (unpaired) electrons. The number of nitrogens with one attached hydrogen (secondary N) is 1. The summed E-state index contributed by atoms with van der Waals surface area (Å²) in [6, 6.07) is 7.61. The van der Waals surface area contributed by atoms with Gasteiger partial charge in [-0.2, -0.15) is 0 Å². The largest absolute Gasteiger partial charge is 0.492 e. The van der Waals surface area contributed by atoms with Gasteiger partial charge in [0.1, 0.15) is 18.0 Å². The first-order chi connectivity index (χ1) is 13.6. The normalized spacial score (nSPS) is 26.0. The number of hydrogen-bond donors (Lipinski definition) is 1. The molecular formula is C22H34N2O4. The van der Waals surface area contributed by atoms with Gasteiger partial charge in [-0.05, 0) is 56.4 Å². The molecule has 0 spiro atoms. The van der Waals surface area contributed by atoms with Crippen LogP contribution in [0.3, 0.4) is 0 Å². The Hall–Kier alpha value is -1.63. The first kappa shape index (κ1) is 21.1. The average molecular weight is 391 g/mol. The second-order valence-electron chi connectivity index (χ2n) is 7.91. The fourth-order valence-corrected chi connectivity index (χ4v) is 4.18. The van der Waals surface area contributed by atoms with Crippen LogP contribution in [-0.4, -0.2) is 62.5 Å². The SMILES string of the molecule is CCOC1(C(=O)Nc2ccc(OCCN3CCOCC3)cc2)CCCC(C)C1. The van der Waals surface area contributed by atoms with Crippen molar-refractivity contribution >= 4 is 11.6 Å². The predicted octanol–water partition coefficient (Wildman–Crippen LogP) is 3.32. The minimum Gasteiger partial charge on any atom is -0.492 e. The first-order valence-electron chi connectivity index (χ1n) is 10.6. The van der Waals surface area contributed by atoms with Crippen LogP contribution in [0.5, 0.6) is 5.75 Å². The summed E-state index contributed by atoms with van der Waals surface area (Å²) in [6.07, 6.45) is 3.78. The van der Waals surface area contributed by atoms with Crippen LogP contribution in [0.4, 0.5) is 5.69 Å². The molecule has 0 bridgehead atoms. The second-order valence-corrected chi connectivity index (χ2v) is 7.91. The molecule has 6 heteroatoms. The van der Waals surface area contributed by atoms with Gasteiger partial charge in [-0.1, -0.05) is 13.3 Å². The second kappa shape index (κ2) is 10.2. The van der Waals surface area contributed by atoms with Crippen LogP contribution in [0.15, 0.2) is 24.3 Å². The third-order valence-electron chi connectivity index (χ3n) is 5.68. The smallest absolute Gasteiger partial charge is 0.256 e. The molecule has 1 amide bonds. The van der Waals surface area contributed by atoms with Gasteiger partial charge < -0.3 is 19.5 Å². The van der Waals surface area contributed by atoms with Crippen molar-refractivity contribution < 1.29 is 19.0 Å². The maximum atomic E-state index is 13.0. The molecule has 1 N–H and O–H groups in total. The number of carbonyl (C=O) groups excluding carboxylic acids is 1. The molecule has 3 rings (SSSR count). The molecule has 1 aromatic rings. The zero-order valence-corrected chi connectivity index (χ0v) is 17.2. The van der Waals surface area contributed by atoms with Gasteiger partial charge in [0.25, 0.3) is 5.91 Å². The van der Waals surface area contributed by atoms with Crippen LogP contribution in [0.2, 0.25) is 0 Å². The van der Waals surface area contributed by atoms with E-state index in [0.29, 0.717) is 19.1 Å². The minimum absolute atomic E-state index is 0.0260. The lowest BCUT2D eigenvalue weighted by atomic mass is 9.78. The predicted molar refractivity (Wildman–Crippen MR) is 110 cm³/mol. The molecule has 156 valence electrons. The van der Waals surface area contributed by atoms with Gasteiger partial charge in [0.05, 0.1) is 13.2 Å². The lowest BCUT2D eigenvalue weighted by Gasteiger charge is -2.38. The summed E-state index contributed by atoms with van der Waals surface area (Å²) in [6.45, 7) is 9.79. The Bertz CT molecular complexity index is 611. The standard InChI is InChI=1S/C22H34N2O4/c1-3-28-22(10-4-5-18(2)17-22)21(25)23-19-6-8-20(9-7-19)27-16-13-24-11-14-26-15-12-24/h6-9,18H,3-5,10-17H2,1-2H3,(H,23,25). The lowest BCUT2D eigenvalue weighted by Crippen LogP contribution is -2.48. The van der Waals surface area contributed by atoms with E-state index < -0.39 is 5.60 Å². The van der Waals surface area contributed by atoms with Gasteiger partial charge in [0, 0.05) is 31.9 Å². The van der Waals surface area contributed by atoms with Crippen LogP contribution < -0.4 is 10.1 Å². The molecule has 6 nitrogen and oxygen atoms in total. The Kier molecular flexibility index (Phi) is 7.71. The number of hydrogen-bond acceptors (Lipinski definition) is 5. The number of morpholine rings is 1. The average Bonchev–Trinajstić information content (AvgIpc) is 2.70. The zero-order chi connectivity index (χ0) is 19.8. The van der Waals surface area contributed by atoms with Crippen molar-refractivity contribution in [3.05, 3.63) is 24.3 Å². The van der Waals surface area contributed by atoms with Gasteiger partial charge in [0.15, 0.2) is 0 Å². The van der Waals surface area contributed by atoms with Crippen molar-refractivity contribution in [1.82, 2.24) is 4.90 Å². The quantitative estimate of drug-likeness (QED) is 0.738. The van der Waals surface area contributed by atoms with Gasteiger partial charge in [-0.3, -0.25) is 9.69 Å². The third-order valence-corrected chi connectivity index (χ3v) is 5.68. The van der Waals surface area contributed by atoms with Crippen LogP contribution in [0, 0.1) is 5.92 Å². The van der Waals surface area contributed by atoms with Crippen LogP contribution in [0.25, 0.3) is 0 Å². The minimum atomic E-state index is -0.695. The molecule has 1 aromatic carbocycles. The highest BCUT2D eigenvalue weighted by Gasteiger charge is 2.42. The Labute approximate surface area is 168 Å². The molecule has 2 fully saturated rings. The van der Waals surface area contributed by atoms with Gasteiger partial charge in [0.2, 0.25) is 0 Å². The van der Waals surface area contributed by atoms with E-state index >= 15 is 0 Å². The van der Waals surface area contributed by atoms with E-state index in [2.05, 4.69) is 17.1 Å². The molecule has 1 saturated heterocycles. The maximum Gasteiger partial charge on any atom is 0.256 e. The summed E-state index contributed by atoms with van der Waals surface area (Å²) < 4.78 is 17.2. The highest BCUT2D eigenvalue weighted by Crippen LogP contribution is 2.36. The Morgan fingerprint density at radius 2 is 2.04 bits per heavy atom. The number of ether oxygens (including phenoxy) is 3. The van der Waals surface area contributed by atoms with Gasteiger partial charge in [-0.25, -0.2) is 0 Å². The summed E-state index contributed by atoms with van der Waals surface area (Å²) in [4.78, 5) is 15.3. The number of carbonyl (C=O) groups is 1. The summed E-state index contributed by atoms with van der Waals surface area (Å²) in [5.74, 6) is 1.30. The Morgan fingerprint density at radius 3 is 2.71 bits per heavy atom. The highest BCUT2D eigenvalue weighted by molar-refractivity contribution is 5.97. The van der Waals surface area contributed by atoms with E-state index in [-0.39, 0.29) is 5.91 Å². The van der Waals surface area contributed by atoms with Crippen LogP contribution in [0.1, 0.15) is 39.5 Å². The summed E-state index contributed by atoms with van der Waals surface area (Å²) >= 11 is 0. The number of rotatable bonds is 8. The van der Waals surface area contributed by atoms with Crippen LogP contribution >= 0.6 is 0 Å². The maximum absolute atomic E-state index is 13.0. The van der Waals surface area contributed by atoms with E-state index in [0.717, 1.165) is 63.5 Å². The number of anilines is 1.